The molecule has 7 heteroatoms. The van der Waals surface area contributed by atoms with Gasteiger partial charge in [-0.15, -0.1) is 0 Å². The lowest BCUT2D eigenvalue weighted by Crippen LogP contribution is -2.28. The standard InChI is InChI=1S/C15H22NO5P/c1-4-19-22(18,20-5-2)14-11-16(15(17)21-14)12(3)13-9-7-6-8-10-13/h6-10,12,14H,4-5,11H2,1-3H3/t12-,14+/m0/s1. The van der Waals surface area contributed by atoms with Gasteiger partial charge in [-0.1, -0.05) is 30.3 Å². The summed E-state index contributed by atoms with van der Waals surface area (Å²) >= 11 is 0. The molecule has 0 saturated carbocycles. The first-order valence-electron chi connectivity index (χ1n) is 7.42. The number of cyclic esters (lactones) is 1. The molecular weight excluding hydrogens is 305 g/mol. The van der Waals surface area contributed by atoms with E-state index in [9.17, 15) is 9.36 Å². The second-order valence-corrected chi connectivity index (χ2v) is 7.12. The molecule has 1 aliphatic heterocycles. The average molecular weight is 327 g/mol. The number of rotatable bonds is 7. The fourth-order valence-electron chi connectivity index (χ4n) is 2.42. The van der Waals surface area contributed by atoms with Crippen LogP contribution in [0.2, 0.25) is 0 Å². The van der Waals surface area contributed by atoms with Gasteiger partial charge in [-0.2, -0.15) is 0 Å². The lowest BCUT2D eigenvalue weighted by atomic mass is 10.1. The Kier molecular flexibility index (Phi) is 5.62. The fourth-order valence-corrected chi connectivity index (χ4v) is 4.14. The Bertz CT molecular complexity index is 540. The van der Waals surface area contributed by atoms with E-state index < -0.39 is 19.5 Å². The molecule has 0 radical (unpaired) electrons. The van der Waals surface area contributed by atoms with Gasteiger partial charge in [-0.3, -0.25) is 9.46 Å². The molecule has 1 saturated heterocycles. The Hall–Kier alpha value is -1.36. The predicted molar refractivity (Wildman–Crippen MR) is 82.7 cm³/mol. The summed E-state index contributed by atoms with van der Waals surface area (Å²) in [6, 6.07) is 9.45. The number of nitrogens with zero attached hydrogens (tertiary/aromatic N) is 1. The minimum absolute atomic E-state index is 0.171. The van der Waals surface area contributed by atoms with Gasteiger partial charge >= 0.3 is 13.7 Å². The van der Waals surface area contributed by atoms with Gasteiger partial charge in [0.15, 0.2) is 0 Å². The zero-order valence-electron chi connectivity index (χ0n) is 13.1. The van der Waals surface area contributed by atoms with E-state index in [0.29, 0.717) is 0 Å². The highest BCUT2D eigenvalue weighted by Gasteiger charge is 2.47. The summed E-state index contributed by atoms with van der Waals surface area (Å²) in [5.41, 5.74) is 0.989. The van der Waals surface area contributed by atoms with E-state index in [-0.39, 0.29) is 25.8 Å². The molecule has 122 valence electrons. The van der Waals surface area contributed by atoms with Crippen LogP contribution in [0.3, 0.4) is 0 Å². The van der Waals surface area contributed by atoms with Crippen molar-refractivity contribution in [2.45, 2.75) is 32.7 Å². The lowest BCUT2D eigenvalue weighted by molar-refractivity contribution is 0.126. The van der Waals surface area contributed by atoms with E-state index in [1.165, 1.54) is 0 Å². The van der Waals surface area contributed by atoms with E-state index >= 15 is 0 Å². The second-order valence-electron chi connectivity index (χ2n) is 4.95. The topological polar surface area (TPSA) is 65.1 Å². The van der Waals surface area contributed by atoms with Crippen molar-refractivity contribution in [1.29, 1.82) is 0 Å². The molecule has 1 aromatic rings. The van der Waals surface area contributed by atoms with Crippen LogP contribution in [0.4, 0.5) is 4.79 Å². The smallest absolute Gasteiger partial charge is 0.411 e. The third kappa shape index (κ3) is 3.51. The number of ether oxygens (including phenoxy) is 1. The third-order valence-electron chi connectivity index (χ3n) is 3.54. The number of hydrogen-bond acceptors (Lipinski definition) is 5. The number of carbonyl (C=O) groups is 1. The molecule has 0 aromatic heterocycles. The molecule has 0 unspecified atom stereocenters. The van der Waals surface area contributed by atoms with Crippen LogP contribution in [0.25, 0.3) is 0 Å². The first-order valence-corrected chi connectivity index (χ1v) is 9.04. The number of amides is 1. The van der Waals surface area contributed by atoms with Gasteiger partial charge in [-0.05, 0) is 26.3 Å². The van der Waals surface area contributed by atoms with Gasteiger partial charge in [0.25, 0.3) is 0 Å². The molecule has 1 aliphatic rings. The maximum Gasteiger partial charge on any atom is 0.411 e. The van der Waals surface area contributed by atoms with Crippen molar-refractivity contribution >= 4 is 13.7 Å². The van der Waals surface area contributed by atoms with Gasteiger partial charge in [-0.25, -0.2) is 4.79 Å². The lowest BCUT2D eigenvalue weighted by Gasteiger charge is -2.23. The highest BCUT2D eigenvalue weighted by Crippen LogP contribution is 2.55. The van der Waals surface area contributed by atoms with Gasteiger partial charge in [0.05, 0.1) is 25.8 Å². The minimum atomic E-state index is -3.46. The zero-order chi connectivity index (χ0) is 16.2. The van der Waals surface area contributed by atoms with Gasteiger partial charge in [0, 0.05) is 0 Å². The van der Waals surface area contributed by atoms with E-state index in [4.69, 9.17) is 13.8 Å². The summed E-state index contributed by atoms with van der Waals surface area (Å²) in [6.45, 7) is 6.02. The van der Waals surface area contributed by atoms with Crippen LogP contribution in [0.1, 0.15) is 32.4 Å². The molecule has 1 heterocycles. The van der Waals surface area contributed by atoms with E-state index in [2.05, 4.69) is 0 Å². The highest BCUT2D eigenvalue weighted by molar-refractivity contribution is 7.54. The molecule has 0 N–H and O–H groups in total. The van der Waals surface area contributed by atoms with E-state index in [1.807, 2.05) is 37.3 Å². The van der Waals surface area contributed by atoms with Crippen LogP contribution in [0.5, 0.6) is 0 Å². The van der Waals surface area contributed by atoms with Gasteiger partial charge in [0.2, 0.25) is 5.85 Å². The molecule has 0 spiro atoms. The molecule has 0 bridgehead atoms. The molecule has 2 rings (SSSR count). The minimum Gasteiger partial charge on any atom is -0.431 e. The molecule has 6 nitrogen and oxygen atoms in total. The third-order valence-corrected chi connectivity index (χ3v) is 5.75. The Morgan fingerprint density at radius 1 is 1.27 bits per heavy atom. The summed E-state index contributed by atoms with van der Waals surface area (Å²) in [5.74, 6) is -0.883. The molecular formula is C15H22NO5P. The van der Waals surface area contributed by atoms with Crippen molar-refractivity contribution in [3.05, 3.63) is 35.9 Å². The van der Waals surface area contributed by atoms with Crippen LogP contribution in [0.15, 0.2) is 30.3 Å². The van der Waals surface area contributed by atoms with Crippen LogP contribution in [0, 0.1) is 0 Å². The molecule has 0 aliphatic carbocycles. The largest absolute Gasteiger partial charge is 0.431 e. The molecule has 1 amide bonds. The second kappa shape index (κ2) is 7.27. The van der Waals surface area contributed by atoms with Crippen molar-refractivity contribution in [2.24, 2.45) is 0 Å². The van der Waals surface area contributed by atoms with Crippen LogP contribution in [-0.4, -0.2) is 36.6 Å². The Morgan fingerprint density at radius 2 is 1.86 bits per heavy atom. The zero-order valence-corrected chi connectivity index (χ0v) is 14.0. The summed E-state index contributed by atoms with van der Waals surface area (Å²) in [7, 11) is -3.46. The summed E-state index contributed by atoms with van der Waals surface area (Å²) in [4.78, 5) is 13.7. The van der Waals surface area contributed by atoms with Crippen LogP contribution >= 0.6 is 7.60 Å². The van der Waals surface area contributed by atoms with E-state index in [1.54, 1.807) is 18.7 Å². The summed E-state index contributed by atoms with van der Waals surface area (Å²) < 4.78 is 28.5. The normalized spacial score (nSPS) is 20.0. The Morgan fingerprint density at radius 3 is 2.41 bits per heavy atom. The Balaban J connectivity index is 2.14. The predicted octanol–water partition coefficient (Wildman–Crippen LogP) is 3.79. The molecule has 1 aromatic carbocycles. The maximum atomic E-state index is 12.7. The van der Waals surface area contributed by atoms with E-state index in [0.717, 1.165) is 5.56 Å². The van der Waals surface area contributed by atoms with Crippen molar-refractivity contribution in [3.8, 4) is 0 Å². The van der Waals surface area contributed by atoms with Crippen molar-refractivity contribution in [1.82, 2.24) is 4.90 Å². The number of hydrogen-bond donors (Lipinski definition) is 0. The monoisotopic (exact) mass is 327 g/mol. The fraction of sp³-hybridized carbons (Fsp3) is 0.533. The summed E-state index contributed by atoms with van der Waals surface area (Å²) in [6.07, 6.45) is -0.499. The van der Waals surface area contributed by atoms with Crippen LogP contribution in [-0.2, 0) is 18.3 Å². The summed E-state index contributed by atoms with van der Waals surface area (Å²) in [5, 5.41) is 0. The van der Waals surface area contributed by atoms with Crippen LogP contribution < -0.4 is 0 Å². The van der Waals surface area contributed by atoms with Crippen molar-refractivity contribution < 1.29 is 23.1 Å². The molecule has 1 fully saturated rings. The number of benzene rings is 1. The maximum absolute atomic E-state index is 12.7. The number of carbonyl (C=O) groups excluding carboxylic acids is 1. The molecule has 2 atom stereocenters. The highest BCUT2D eigenvalue weighted by atomic mass is 31.2. The quantitative estimate of drug-likeness (QED) is 0.713. The SMILES string of the molecule is CCOP(=O)(OCC)[C@@H]1CN([C@@H](C)c2ccccc2)C(=O)O1. The van der Waals surface area contributed by atoms with Gasteiger partial charge < -0.3 is 13.8 Å². The first-order chi connectivity index (χ1) is 10.5. The molecule has 22 heavy (non-hydrogen) atoms. The van der Waals surface area contributed by atoms with Gasteiger partial charge in [0.1, 0.15) is 0 Å². The Labute approximate surface area is 130 Å². The average Bonchev–Trinajstić information content (AvgIpc) is 2.90. The van der Waals surface area contributed by atoms with Crippen molar-refractivity contribution in [2.75, 3.05) is 19.8 Å². The first kappa shape index (κ1) is 17.0. The van der Waals surface area contributed by atoms with Crippen molar-refractivity contribution in [3.63, 3.8) is 0 Å².